The summed E-state index contributed by atoms with van der Waals surface area (Å²) in [6.07, 6.45) is 0.313. The van der Waals surface area contributed by atoms with Crippen molar-refractivity contribution in [3.05, 3.63) is 70.1 Å². The molecule has 126 valence electrons. The number of carbonyl (C=O) groups is 1. The third-order valence-electron chi connectivity index (χ3n) is 4.48. The predicted octanol–water partition coefficient (Wildman–Crippen LogP) is 3.24. The molecule has 1 aliphatic heterocycles. The number of para-hydroxylation sites is 1. The Morgan fingerprint density at radius 2 is 1.88 bits per heavy atom. The van der Waals surface area contributed by atoms with E-state index in [1.807, 2.05) is 12.1 Å². The number of rotatable bonds is 3. The van der Waals surface area contributed by atoms with E-state index in [9.17, 15) is 9.59 Å². The standard InChI is InChI=1S/C20H16O5/c1-23-14-8-6-12(7-9-14)18(21)13-10-16-19(24-11-13)15-4-2-3-5-17(15)25-20(16)22/h2-9,13H,10-11H2,1H3. The SMILES string of the molecule is COc1ccc(C(=O)C2COc3c(c(=O)oc4ccccc34)C2)cc1. The number of hydrogen-bond acceptors (Lipinski definition) is 5. The fraction of sp³-hybridized carbons (Fsp3) is 0.200. The van der Waals surface area contributed by atoms with Crippen molar-refractivity contribution < 1.29 is 18.7 Å². The van der Waals surface area contributed by atoms with E-state index in [1.54, 1.807) is 43.5 Å². The summed E-state index contributed by atoms with van der Waals surface area (Å²) in [5.41, 5.74) is 1.05. The largest absolute Gasteiger partial charge is 0.497 e. The van der Waals surface area contributed by atoms with Crippen molar-refractivity contribution in [2.45, 2.75) is 6.42 Å². The Hall–Kier alpha value is -3.08. The second-order valence-corrected chi connectivity index (χ2v) is 6.00. The van der Waals surface area contributed by atoms with Crippen LogP contribution in [0, 0.1) is 5.92 Å². The topological polar surface area (TPSA) is 65.7 Å². The summed E-state index contributed by atoms with van der Waals surface area (Å²) in [6, 6.07) is 14.2. The Kier molecular flexibility index (Phi) is 3.76. The number of fused-ring (bicyclic) bond motifs is 3. The first-order valence-corrected chi connectivity index (χ1v) is 8.03. The molecule has 1 atom stereocenters. The Morgan fingerprint density at radius 1 is 1.12 bits per heavy atom. The molecule has 0 fully saturated rings. The van der Waals surface area contributed by atoms with Gasteiger partial charge in [-0.05, 0) is 42.8 Å². The van der Waals surface area contributed by atoms with E-state index in [0.717, 1.165) is 5.39 Å². The number of Topliss-reactive ketones (excluding diaryl/α,β-unsaturated/α-hetero) is 1. The van der Waals surface area contributed by atoms with Gasteiger partial charge in [0.05, 0.1) is 30.6 Å². The Morgan fingerprint density at radius 3 is 2.64 bits per heavy atom. The molecule has 0 bridgehead atoms. The molecule has 1 aliphatic rings. The minimum atomic E-state index is -0.444. The number of carbonyl (C=O) groups excluding carboxylic acids is 1. The normalized spacial score (nSPS) is 16.1. The quantitative estimate of drug-likeness (QED) is 0.543. The van der Waals surface area contributed by atoms with Crippen molar-refractivity contribution in [1.82, 2.24) is 0 Å². The van der Waals surface area contributed by atoms with Gasteiger partial charge in [-0.2, -0.15) is 0 Å². The molecule has 0 aliphatic carbocycles. The summed E-state index contributed by atoms with van der Waals surface area (Å²) in [5.74, 6) is 0.755. The molecule has 2 aromatic carbocycles. The predicted molar refractivity (Wildman–Crippen MR) is 92.5 cm³/mol. The second-order valence-electron chi connectivity index (χ2n) is 6.00. The number of ether oxygens (including phenoxy) is 2. The van der Waals surface area contributed by atoms with Gasteiger partial charge < -0.3 is 13.9 Å². The molecule has 1 aromatic heterocycles. The van der Waals surface area contributed by atoms with Gasteiger partial charge >= 0.3 is 5.63 Å². The third-order valence-corrected chi connectivity index (χ3v) is 4.48. The van der Waals surface area contributed by atoms with Crippen molar-refractivity contribution in [2.75, 3.05) is 13.7 Å². The summed E-state index contributed by atoms with van der Waals surface area (Å²) in [4.78, 5) is 25.0. The van der Waals surface area contributed by atoms with Gasteiger partial charge in [-0.1, -0.05) is 12.1 Å². The minimum absolute atomic E-state index is 0.0548. The first kappa shape index (κ1) is 15.4. The van der Waals surface area contributed by atoms with Gasteiger partial charge in [-0.25, -0.2) is 4.79 Å². The molecule has 0 spiro atoms. The molecule has 5 nitrogen and oxygen atoms in total. The molecule has 5 heteroatoms. The van der Waals surface area contributed by atoms with Crippen molar-refractivity contribution in [1.29, 1.82) is 0 Å². The van der Waals surface area contributed by atoms with Crippen molar-refractivity contribution in [2.24, 2.45) is 5.92 Å². The van der Waals surface area contributed by atoms with Crippen LogP contribution < -0.4 is 15.1 Å². The first-order valence-electron chi connectivity index (χ1n) is 8.03. The van der Waals surface area contributed by atoms with E-state index in [2.05, 4.69) is 0 Å². The molecule has 0 N–H and O–H groups in total. The highest BCUT2D eigenvalue weighted by molar-refractivity contribution is 5.98. The van der Waals surface area contributed by atoms with Crippen LogP contribution in [0.5, 0.6) is 11.5 Å². The summed E-state index contributed by atoms with van der Waals surface area (Å²) in [7, 11) is 1.58. The van der Waals surface area contributed by atoms with Crippen LogP contribution in [0.3, 0.4) is 0 Å². The van der Waals surface area contributed by atoms with Gasteiger partial charge in [0.1, 0.15) is 17.1 Å². The lowest BCUT2D eigenvalue weighted by Crippen LogP contribution is -2.31. The maximum absolute atomic E-state index is 12.7. The van der Waals surface area contributed by atoms with E-state index >= 15 is 0 Å². The molecule has 25 heavy (non-hydrogen) atoms. The molecule has 3 aromatic rings. The van der Waals surface area contributed by atoms with Gasteiger partial charge in [0, 0.05) is 5.56 Å². The third kappa shape index (κ3) is 2.67. The van der Waals surface area contributed by atoms with Gasteiger partial charge in [0.15, 0.2) is 5.78 Å². The lowest BCUT2D eigenvalue weighted by Gasteiger charge is -2.24. The fourth-order valence-electron chi connectivity index (χ4n) is 3.15. The highest BCUT2D eigenvalue weighted by atomic mass is 16.5. The minimum Gasteiger partial charge on any atom is -0.497 e. The number of benzene rings is 2. The van der Waals surface area contributed by atoms with Gasteiger partial charge in [-0.15, -0.1) is 0 Å². The maximum Gasteiger partial charge on any atom is 0.343 e. The smallest absolute Gasteiger partial charge is 0.343 e. The zero-order valence-corrected chi connectivity index (χ0v) is 13.7. The first-order chi connectivity index (χ1) is 12.2. The summed E-state index contributed by atoms with van der Waals surface area (Å²) >= 11 is 0. The molecule has 0 saturated carbocycles. The van der Waals surface area contributed by atoms with Crippen molar-refractivity contribution >= 4 is 16.8 Å². The van der Waals surface area contributed by atoms with E-state index in [0.29, 0.717) is 34.6 Å². The van der Waals surface area contributed by atoms with E-state index in [1.165, 1.54) is 0 Å². The summed E-state index contributed by atoms with van der Waals surface area (Å²) < 4.78 is 16.3. The van der Waals surface area contributed by atoms with Gasteiger partial charge in [-0.3, -0.25) is 4.79 Å². The van der Waals surface area contributed by atoms with Crippen LogP contribution in [-0.2, 0) is 6.42 Å². The van der Waals surface area contributed by atoms with Crippen LogP contribution in [0.25, 0.3) is 11.0 Å². The molecule has 2 heterocycles. The Bertz CT molecular complexity index is 1000. The summed E-state index contributed by atoms with van der Waals surface area (Å²) in [5, 5.41) is 0.757. The van der Waals surface area contributed by atoms with Crippen LogP contribution in [0.1, 0.15) is 15.9 Å². The van der Waals surface area contributed by atoms with Crippen LogP contribution in [0.15, 0.2) is 57.7 Å². The molecule has 0 radical (unpaired) electrons. The molecule has 0 saturated heterocycles. The molecule has 0 amide bonds. The van der Waals surface area contributed by atoms with E-state index < -0.39 is 11.5 Å². The molecular weight excluding hydrogens is 320 g/mol. The van der Waals surface area contributed by atoms with Crippen molar-refractivity contribution in [3.63, 3.8) is 0 Å². The summed E-state index contributed by atoms with van der Waals surface area (Å²) in [6.45, 7) is 0.241. The Balaban J connectivity index is 1.67. The number of ketones is 1. The van der Waals surface area contributed by atoms with E-state index in [-0.39, 0.29) is 12.4 Å². The second kappa shape index (κ2) is 6.09. The molecular formula is C20H16O5. The lowest BCUT2D eigenvalue weighted by atomic mass is 9.90. The lowest BCUT2D eigenvalue weighted by molar-refractivity contribution is 0.0854. The zero-order valence-electron chi connectivity index (χ0n) is 13.7. The van der Waals surface area contributed by atoms with Gasteiger partial charge in [0.2, 0.25) is 0 Å². The highest BCUT2D eigenvalue weighted by Gasteiger charge is 2.30. The highest BCUT2D eigenvalue weighted by Crippen LogP contribution is 2.33. The fourth-order valence-corrected chi connectivity index (χ4v) is 3.15. The van der Waals surface area contributed by atoms with E-state index in [4.69, 9.17) is 13.9 Å². The average Bonchev–Trinajstić information content (AvgIpc) is 2.67. The molecule has 4 rings (SSSR count). The van der Waals surface area contributed by atoms with Crippen LogP contribution in [0.4, 0.5) is 0 Å². The number of methoxy groups -OCH3 is 1. The zero-order chi connectivity index (χ0) is 17.4. The van der Waals surface area contributed by atoms with Crippen molar-refractivity contribution in [3.8, 4) is 11.5 Å². The monoisotopic (exact) mass is 336 g/mol. The Labute approximate surface area is 143 Å². The van der Waals surface area contributed by atoms with Crippen LogP contribution in [-0.4, -0.2) is 19.5 Å². The van der Waals surface area contributed by atoms with Crippen LogP contribution >= 0.6 is 0 Å². The maximum atomic E-state index is 12.7. The average molecular weight is 336 g/mol. The number of hydrogen-bond donors (Lipinski definition) is 0. The molecule has 1 unspecified atom stereocenters. The van der Waals surface area contributed by atoms with Crippen LogP contribution in [0.2, 0.25) is 0 Å². The van der Waals surface area contributed by atoms with Gasteiger partial charge in [0.25, 0.3) is 0 Å².